The third kappa shape index (κ3) is 2.36. The number of benzene rings is 2. The Hall–Kier alpha value is -0.991. The van der Waals surface area contributed by atoms with Gasteiger partial charge >= 0.3 is 130 Å². The third-order valence-corrected chi connectivity index (χ3v) is 14.1. The van der Waals surface area contributed by atoms with E-state index in [1.54, 1.807) is 4.42 Å². The predicted octanol–water partition coefficient (Wildman–Crippen LogP) is 4.80. The zero-order chi connectivity index (χ0) is 13.4. The van der Waals surface area contributed by atoms with Crippen LogP contribution < -0.4 is 0 Å². The van der Waals surface area contributed by atoms with Gasteiger partial charge < -0.3 is 0 Å². The Morgan fingerprint density at radius 3 is 1.45 bits per heavy atom. The maximum atomic E-state index is 2.40. The van der Waals surface area contributed by atoms with Gasteiger partial charge in [0, 0.05) is 0 Å². The van der Waals surface area contributed by atoms with Crippen molar-refractivity contribution in [2.45, 2.75) is 0 Å². The maximum absolute atomic E-state index is 2.40. The van der Waals surface area contributed by atoms with Gasteiger partial charge in [-0.1, -0.05) is 0 Å². The molecule has 0 amide bonds. The normalized spacial score (nSPS) is 17.9. The summed E-state index contributed by atoms with van der Waals surface area (Å²) >= 11 is -0.788. The molecular weight excluding hydrogens is 347 g/mol. The first-order chi connectivity index (χ1) is 9.90. The Labute approximate surface area is 129 Å². The molecule has 0 saturated carbocycles. The molecule has 2 aromatic carbocycles. The van der Waals surface area contributed by atoms with E-state index in [0.717, 1.165) is 0 Å². The zero-order valence-electron chi connectivity index (χ0n) is 10.7. The van der Waals surface area contributed by atoms with Gasteiger partial charge in [0.15, 0.2) is 0 Å². The van der Waals surface area contributed by atoms with E-state index in [-0.39, 0.29) is 0 Å². The molecule has 2 aliphatic rings. The van der Waals surface area contributed by atoms with Gasteiger partial charge in [0.1, 0.15) is 0 Å². The molecule has 2 aromatic rings. The van der Waals surface area contributed by atoms with E-state index in [4.69, 9.17) is 0 Å². The SMILES string of the molecule is C1=C(c2ccccc2)S[Se]2=C1C=C(c1ccccc1)S2. The van der Waals surface area contributed by atoms with E-state index in [0.29, 0.717) is 0 Å². The van der Waals surface area contributed by atoms with Gasteiger partial charge in [-0.3, -0.25) is 0 Å². The summed E-state index contributed by atoms with van der Waals surface area (Å²) in [5.41, 5.74) is 2.72. The molecule has 0 aliphatic carbocycles. The van der Waals surface area contributed by atoms with Gasteiger partial charge in [-0.15, -0.1) is 0 Å². The molecule has 2 heterocycles. The van der Waals surface area contributed by atoms with Crippen molar-refractivity contribution in [2.24, 2.45) is 0 Å². The molecule has 0 unspecified atom stereocenters. The first-order valence-corrected chi connectivity index (χ1v) is 13.0. The predicted molar refractivity (Wildman–Crippen MR) is 94.8 cm³/mol. The summed E-state index contributed by atoms with van der Waals surface area (Å²) in [4.78, 5) is 2.89. The molecule has 0 radical (unpaired) electrons. The summed E-state index contributed by atoms with van der Waals surface area (Å²) in [5, 5.41) is 0. The average molecular weight is 359 g/mol. The second-order valence-corrected chi connectivity index (χ2v) is 14.4. The quantitative estimate of drug-likeness (QED) is 0.706. The second-order valence-electron chi connectivity index (χ2n) is 4.55. The van der Waals surface area contributed by atoms with Crippen LogP contribution in [-0.2, 0) is 0 Å². The summed E-state index contributed by atoms with van der Waals surface area (Å²) in [7, 11) is 4.19. The van der Waals surface area contributed by atoms with Crippen LogP contribution in [0.1, 0.15) is 11.1 Å². The monoisotopic (exact) mass is 360 g/mol. The first kappa shape index (κ1) is 12.7. The minimum absolute atomic E-state index is 0.788. The van der Waals surface area contributed by atoms with Crippen molar-refractivity contribution in [2.75, 3.05) is 0 Å². The number of hydrogen-bond donors (Lipinski definition) is 0. The van der Waals surface area contributed by atoms with E-state index >= 15 is 0 Å². The Kier molecular flexibility index (Phi) is 3.45. The van der Waals surface area contributed by atoms with Crippen LogP contribution in [-0.4, -0.2) is 15.6 Å². The average Bonchev–Trinajstić information content (AvgIpc) is 3.08. The number of allylic oxidation sites excluding steroid dienone is 2. The number of hydrogen-bond acceptors (Lipinski definition) is 2. The molecular formula is C17H12S2Se. The molecule has 0 fully saturated rings. The van der Waals surface area contributed by atoms with Crippen LogP contribution in [0, 0.1) is 0 Å². The summed E-state index contributed by atoms with van der Waals surface area (Å²) in [6.45, 7) is 0. The fourth-order valence-electron chi connectivity index (χ4n) is 2.19. The molecule has 0 atom stereocenters. The van der Waals surface area contributed by atoms with Gasteiger partial charge in [-0.05, 0) is 0 Å². The van der Waals surface area contributed by atoms with Crippen LogP contribution in [0.3, 0.4) is 0 Å². The molecule has 20 heavy (non-hydrogen) atoms. The van der Waals surface area contributed by atoms with Gasteiger partial charge in [-0.25, -0.2) is 0 Å². The van der Waals surface area contributed by atoms with Crippen molar-refractivity contribution in [3.05, 3.63) is 83.9 Å². The molecule has 3 heteroatoms. The van der Waals surface area contributed by atoms with E-state index in [1.807, 2.05) is 0 Å². The topological polar surface area (TPSA) is 0 Å². The molecule has 0 nitrogen and oxygen atoms in total. The second kappa shape index (κ2) is 5.42. The van der Waals surface area contributed by atoms with E-state index in [2.05, 4.69) is 93.2 Å². The fraction of sp³-hybridized carbons (Fsp3) is 0. The van der Waals surface area contributed by atoms with Crippen molar-refractivity contribution in [1.29, 1.82) is 0 Å². The van der Waals surface area contributed by atoms with Crippen molar-refractivity contribution in [3.8, 4) is 0 Å². The van der Waals surface area contributed by atoms with Gasteiger partial charge in [0.05, 0.1) is 0 Å². The Balaban J connectivity index is 1.62. The Bertz CT molecular complexity index is 680. The summed E-state index contributed by atoms with van der Waals surface area (Å²) in [6.07, 6.45) is 4.79. The first-order valence-electron chi connectivity index (χ1n) is 6.42. The van der Waals surface area contributed by atoms with Gasteiger partial charge in [-0.2, -0.15) is 0 Å². The van der Waals surface area contributed by atoms with E-state index in [9.17, 15) is 0 Å². The number of rotatable bonds is 2. The van der Waals surface area contributed by atoms with Crippen molar-refractivity contribution < 1.29 is 0 Å². The Morgan fingerprint density at radius 2 is 1.05 bits per heavy atom. The van der Waals surface area contributed by atoms with Crippen molar-refractivity contribution in [1.82, 2.24) is 0 Å². The van der Waals surface area contributed by atoms with Gasteiger partial charge in [0.2, 0.25) is 0 Å². The molecule has 0 saturated heterocycles. The van der Waals surface area contributed by atoms with Gasteiger partial charge in [0.25, 0.3) is 0 Å². The summed E-state index contributed by atoms with van der Waals surface area (Å²) in [6, 6.07) is 21.5. The molecule has 0 N–H and O–H groups in total. The van der Waals surface area contributed by atoms with Crippen LogP contribution in [0.4, 0.5) is 0 Å². The Morgan fingerprint density at radius 1 is 0.600 bits per heavy atom. The summed E-state index contributed by atoms with van der Waals surface area (Å²) < 4.78 is 1.57. The zero-order valence-corrected chi connectivity index (χ0v) is 14.0. The van der Waals surface area contributed by atoms with Crippen LogP contribution in [0.2, 0.25) is 0 Å². The molecule has 2 aliphatic heterocycles. The van der Waals surface area contributed by atoms with Crippen molar-refractivity contribution >= 4 is 45.8 Å². The molecule has 0 spiro atoms. The fourth-order valence-corrected chi connectivity index (χ4v) is 13.9. The third-order valence-electron chi connectivity index (χ3n) is 3.19. The van der Waals surface area contributed by atoms with Crippen LogP contribution in [0.15, 0.2) is 72.8 Å². The van der Waals surface area contributed by atoms with E-state index in [1.165, 1.54) is 20.9 Å². The minimum atomic E-state index is -0.788. The molecule has 0 bridgehead atoms. The van der Waals surface area contributed by atoms with Crippen molar-refractivity contribution in [3.63, 3.8) is 0 Å². The standard InChI is InChI=1S/C17H12S2Se/c1-3-7-13(8-4-1)16-11-15-12-17(19-20(15)18-16)14-9-5-2-6-10-14/h1-12H. The summed E-state index contributed by atoms with van der Waals surface area (Å²) in [5.74, 6) is 0. The van der Waals surface area contributed by atoms with E-state index < -0.39 is 11.2 Å². The van der Waals surface area contributed by atoms with Crippen LogP contribution >= 0.6 is 20.4 Å². The van der Waals surface area contributed by atoms with Crippen LogP contribution in [0.5, 0.6) is 0 Å². The molecule has 4 rings (SSSR count). The van der Waals surface area contributed by atoms with Crippen LogP contribution in [0.25, 0.3) is 9.81 Å². The molecule has 0 aromatic heterocycles. The molecule has 98 valence electrons.